The van der Waals surface area contributed by atoms with Crippen molar-refractivity contribution in [1.82, 2.24) is 60.0 Å². The quantitative estimate of drug-likeness (QED) is 0.0761. The SMILES string of the molecule is CC.CC.CCCCC.Cn1cc(CNCC(=O)N2CCCC(c3cccc(C(=O)NC(C(=O)N4CCN(CC5CCN(CC(=O)N6CCN(C(=O)c7cc(Cc8n[nH]c(=O)c9ccccc89)ccc7F)CC6)CC5)CC4)C4CCCCC4)c3)C2)cn1. The number of carbonyl (C=O) groups excluding carboxylic acids is 5. The predicted molar refractivity (Wildman–Crippen MR) is 342 cm³/mol. The number of amides is 5. The summed E-state index contributed by atoms with van der Waals surface area (Å²) in [5.74, 6) is -0.433. The summed E-state index contributed by atoms with van der Waals surface area (Å²) in [5, 5.41) is 18.7. The Bertz CT molecular complexity index is 3040. The largest absolute Gasteiger partial charge is 0.341 e. The number of piperidine rings is 2. The van der Waals surface area contributed by atoms with Gasteiger partial charge in [-0.15, -0.1) is 0 Å². The Morgan fingerprint density at radius 1 is 0.690 bits per heavy atom. The zero-order valence-corrected chi connectivity index (χ0v) is 53.2. The lowest BCUT2D eigenvalue weighted by molar-refractivity contribution is -0.137. The molecule has 5 amide bonds. The van der Waals surface area contributed by atoms with Gasteiger partial charge >= 0.3 is 0 Å². The molecule has 4 aliphatic heterocycles. The standard InChI is InChI=1S/C59H75FN12O6.C5H12.2C2H6/c1-66-37-43(35-62-66)34-61-36-53(73)72-20-8-13-47(39-72)45-11-7-12-46(33-45)56(75)63-55(44-9-3-2-4-10-44)59(78)71-25-23-68(24-26-71)38-41-18-21-67(22-19-41)40-54(74)69-27-29-70(30-28-69)58(77)50-31-42(16-17-51(50)60)32-52-48-14-5-6-15-49(48)57(76)65-64-52;1-3-5-4-2;2*1-2/h5-7,11-12,14-17,31,33,35,37,41,44,47,55,61H,2-4,8-10,13,18-30,32,34,36,38-40H2,1H3,(H,63,75)(H,65,76);3-5H2,1-2H3;2*1-2H3. The number of hydrogen-bond acceptors (Lipinski definition) is 11. The fourth-order valence-electron chi connectivity index (χ4n) is 12.8. The molecule has 0 spiro atoms. The highest BCUT2D eigenvalue weighted by atomic mass is 19.1. The molecule has 10 rings (SSSR count). The van der Waals surface area contributed by atoms with Gasteiger partial charge < -0.3 is 30.2 Å². The Balaban J connectivity index is 0.00000113. The van der Waals surface area contributed by atoms with Gasteiger partial charge in [-0.05, 0) is 105 Å². The minimum atomic E-state index is -0.607. The number of aromatic nitrogens is 4. The van der Waals surface area contributed by atoms with Crippen LogP contribution in [0.5, 0.6) is 0 Å². The minimum Gasteiger partial charge on any atom is -0.341 e. The number of carbonyl (C=O) groups is 5. The van der Waals surface area contributed by atoms with Crippen molar-refractivity contribution < 1.29 is 28.4 Å². The lowest BCUT2D eigenvalue weighted by Gasteiger charge is -2.41. The summed E-state index contributed by atoms with van der Waals surface area (Å²) in [6.07, 6.45) is 17.0. The number of hydrogen-bond donors (Lipinski definition) is 3. The molecule has 87 heavy (non-hydrogen) atoms. The summed E-state index contributed by atoms with van der Waals surface area (Å²) < 4.78 is 16.9. The van der Waals surface area contributed by atoms with Crippen molar-refractivity contribution in [3.63, 3.8) is 0 Å². The van der Waals surface area contributed by atoms with Crippen LogP contribution in [0.3, 0.4) is 0 Å². The number of fused-ring (bicyclic) bond motifs is 1. The lowest BCUT2D eigenvalue weighted by Crippen LogP contribution is -2.57. The number of nitrogens with zero attached hydrogens (tertiary/aromatic N) is 9. The third-order valence-electron chi connectivity index (χ3n) is 17.7. The molecule has 474 valence electrons. The predicted octanol–water partition coefficient (Wildman–Crippen LogP) is 8.65. The summed E-state index contributed by atoms with van der Waals surface area (Å²) in [7, 11) is 1.87. The molecule has 5 aromatic rings. The molecule has 0 bridgehead atoms. The average Bonchev–Trinajstić information content (AvgIpc) is 2.39. The van der Waals surface area contributed by atoms with Crippen LogP contribution in [0.2, 0.25) is 0 Å². The maximum atomic E-state index is 15.1. The topological polar surface area (TPSA) is 192 Å². The van der Waals surface area contributed by atoms with E-state index in [-0.39, 0.29) is 53.1 Å². The molecular weight excluding hydrogens is 1100 g/mol. The number of rotatable bonds is 18. The van der Waals surface area contributed by atoms with E-state index in [1.807, 2.05) is 81.1 Å². The van der Waals surface area contributed by atoms with E-state index in [1.54, 1.807) is 44.9 Å². The first-order valence-corrected chi connectivity index (χ1v) is 32.8. The number of benzene rings is 3. The second-order valence-corrected chi connectivity index (χ2v) is 23.7. The molecule has 3 aromatic carbocycles. The summed E-state index contributed by atoms with van der Waals surface area (Å²) in [6.45, 7) is 21.6. The van der Waals surface area contributed by atoms with E-state index in [0.717, 1.165) is 102 Å². The molecule has 4 saturated heterocycles. The van der Waals surface area contributed by atoms with Gasteiger partial charge in [0.1, 0.15) is 11.9 Å². The summed E-state index contributed by atoms with van der Waals surface area (Å²) in [4.78, 5) is 93.2. The molecule has 3 N–H and O–H groups in total. The second kappa shape index (κ2) is 34.6. The van der Waals surface area contributed by atoms with Crippen molar-refractivity contribution in [2.45, 2.75) is 144 Å². The highest BCUT2D eigenvalue weighted by Crippen LogP contribution is 2.31. The van der Waals surface area contributed by atoms with Crippen molar-refractivity contribution in [2.24, 2.45) is 18.9 Å². The molecule has 18 nitrogen and oxygen atoms in total. The van der Waals surface area contributed by atoms with Gasteiger partial charge in [0.2, 0.25) is 17.7 Å². The van der Waals surface area contributed by atoms with Gasteiger partial charge in [-0.25, -0.2) is 9.49 Å². The maximum Gasteiger partial charge on any atom is 0.272 e. The van der Waals surface area contributed by atoms with Crippen LogP contribution in [0.25, 0.3) is 10.8 Å². The molecule has 2 atom stereocenters. The molecule has 2 unspecified atom stereocenters. The second-order valence-electron chi connectivity index (χ2n) is 23.7. The van der Waals surface area contributed by atoms with Crippen LogP contribution in [0, 0.1) is 17.7 Å². The minimum absolute atomic E-state index is 0.0156. The number of nitrogens with one attached hydrogen (secondary N) is 3. The number of piperazine rings is 2. The van der Waals surface area contributed by atoms with E-state index in [0.29, 0.717) is 105 Å². The Kier molecular flexibility index (Phi) is 26.9. The van der Waals surface area contributed by atoms with Crippen LogP contribution < -0.4 is 16.2 Å². The Labute approximate surface area is 516 Å². The fourth-order valence-corrected chi connectivity index (χ4v) is 12.8. The van der Waals surface area contributed by atoms with E-state index in [1.165, 1.54) is 25.3 Å². The van der Waals surface area contributed by atoms with Crippen LogP contribution in [0.4, 0.5) is 4.39 Å². The van der Waals surface area contributed by atoms with Crippen LogP contribution in [-0.4, -0.2) is 183 Å². The van der Waals surface area contributed by atoms with Crippen molar-refractivity contribution >= 4 is 40.3 Å². The van der Waals surface area contributed by atoms with Crippen molar-refractivity contribution in [1.29, 1.82) is 0 Å². The molecule has 6 heterocycles. The number of aromatic amines is 1. The van der Waals surface area contributed by atoms with Gasteiger partial charge in [0.15, 0.2) is 0 Å². The molecular formula is C68H99FN12O6. The van der Waals surface area contributed by atoms with Gasteiger partial charge in [-0.3, -0.25) is 43.2 Å². The smallest absolute Gasteiger partial charge is 0.272 e. The molecule has 1 aliphatic carbocycles. The van der Waals surface area contributed by atoms with Crippen LogP contribution >= 0.6 is 0 Å². The number of unbranched alkanes of at least 4 members (excludes halogenated alkanes) is 2. The first-order valence-electron chi connectivity index (χ1n) is 32.8. The zero-order valence-electron chi connectivity index (χ0n) is 53.2. The van der Waals surface area contributed by atoms with E-state index >= 15 is 4.39 Å². The average molecular weight is 1200 g/mol. The van der Waals surface area contributed by atoms with Crippen molar-refractivity contribution in [3.05, 3.63) is 129 Å². The van der Waals surface area contributed by atoms with Crippen molar-refractivity contribution in [2.75, 3.05) is 98.2 Å². The number of likely N-dealkylation sites (tertiary alicyclic amines) is 2. The van der Waals surface area contributed by atoms with Gasteiger partial charge in [0, 0.05) is 121 Å². The zero-order chi connectivity index (χ0) is 62.2. The Morgan fingerprint density at radius 2 is 1.38 bits per heavy atom. The summed E-state index contributed by atoms with van der Waals surface area (Å²) >= 11 is 0. The monoisotopic (exact) mass is 1200 g/mol. The third kappa shape index (κ3) is 19.1. The number of halogens is 1. The normalized spacial score (nSPS) is 18.3. The van der Waals surface area contributed by atoms with E-state index in [4.69, 9.17) is 0 Å². The lowest BCUT2D eigenvalue weighted by atomic mass is 9.83. The van der Waals surface area contributed by atoms with Gasteiger partial charge in [-0.2, -0.15) is 10.2 Å². The Morgan fingerprint density at radius 3 is 2.06 bits per heavy atom. The van der Waals surface area contributed by atoms with Gasteiger partial charge in [0.05, 0.1) is 35.9 Å². The van der Waals surface area contributed by atoms with E-state index in [2.05, 4.69) is 55.6 Å². The van der Waals surface area contributed by atoms with Gasteiger partial charge in [-0.1, -0.05) is 116 Å². The molecule has 1 saturated carbocycles. The van der Waals surface area contributed by atoms with Crippen LogP contribution in [0.15, 0.2) is 83.9 Å². The summed E-state index contributed by atoms with van der Waals surface area (Å²) in [6, 6.07) is 18.8. The van der Waals surface area contributed by atoms with Crippen LogP contribution in [-0.2, 0) is 34.4 Å². The number of aryl methyl sites for hydroxylation is 1. The first kappa shape index (κ1) is 67.7. The molecule has 5 aliphatic rings. The van der Waals surface area contributed by atoms with Gasteiger partial charge in [0.25, 0.3) is 17.4 Å². The number of H-pyrrole nitrogens is 1. The molecule has 0 radical (unpaired) electrons. The van der Waals surface area contributed by atoms with Crippen LogP contribution in [0.1, 0.15) is 168 Å². The first-order chi connectivity index (χ1) is 42.3. The van der Waals surface area contributed by atoms with E-state index in [9.17, 15) is 28.8 Å². The van der Waals surface area contributed by atoms with E-state index < -0.39 is 17.8 Å². The maximum absolute atomic E-state index is 15.1. The Hall–Kier alpha value is -6.83. The molecule has 2 aromatic heterocycles. The fraction of sp³-hybridized carbons (Fsp3) is 0.588. The third-order valence-corrected chi connectivity index (χ3v) is 17.7. The van der Waals surface area contributed by atoms with Crippen molar-refractivity contribution in [3.8, 4) is 0 Å². The highest BCUT2D eigenvalue weighted by molar-refractivity contribution is 5.98. The molecule has 19 heteroatoms. The summed E-state index contributed by atoms with van der Waals surface area (Å²) in [5.41, 5.74) is 3.62. The highest BCUT2D eigenvalue weighted by Gasteiger charge is 2.37. The molecule has 5 fully saturated rings.